The Morgan fingerprint density at radius 1 is 1.50 bits per heavy atom. The second kappa shape index (κ2) is 3.59. The van der Waals surface area contributed by atoms with E-state index in [1.54, 1.807) is 12.1 Å². The Hall–Kier alpha value is -1.06. The molecule has 0 unspecified atom stereocenters. The highest BCUT2D eigenvalue weighted by Crippen LogP contribution is 2.20. The van der Waals surface area contributed by atoms with E-state index in [1.165, 1.54) is 11.3 Å². The molecule has 0 spiro atoms. The van der Waals surface area contributed by atoms with E-state index in [-0.39, 0.29) is 16.8 Å². The Morgan fingerprint density at radius 3 is 2.79 bits per heavy atom. The van der Waals surface area contributed by atoms with Crippen LogP contribution in [0.3, 0.4) is 0 Å². The molecule has 0 aliphatic carbocycles. The average molecular weight is 227 g/mol. The third-order valence-electron chi connectivity index (χ3n) is 1.79. The Morgan fingerprint density at radius 2 is 2.29 bits per heavy atom. The molecule has 0 atom stereocenters. The Bertz CT molecular complexity index is 428. The van der Waals surface area contributed by atoms with Crippen LogP contribution in [-0.4, -0.2) is 5.78 Å². The van der Waals surface area contributed by atoms with Gasteiger partial charge >= 0.3 is 0 Å². The summed E-state index contributed by atoms with van der Waals surface area (Å²) in [6, 6.07) is 4.98. The molecule has 0 aromatic carbocycles. The van der Waals surface area contributed by atoms with Crippen LogP contribution in [0.2, 0.25) is 5.22 Å². The van der Waals surface area contributed by atoms with Crippen LogP contribution in [0.15, 0.2) is 28.0 Å². The molecule has 0 saturated heterocycles. The summed E-state index contributed by atoms with van der Waals surface area (Å²) in [4.78, 5) is 12.8. The summed E-state index contributed by atoms with van der Waals surface area (Å²) in [5.74, 6) is 0.161. The number of aryl methyl sites for hydroxylation is 1. The highest BCUT2D eigenvalue weighted by molar-refractivity contribution is 7.10. The third-order valence-corrected chi connectivity index (χ3v) is 2.85. The third kappa shape index (κ3) is 1.74. The Kier molecular flexibility index (Phi) is 2.44. The van der Waals surface area contributed by atoms with Crippen molar-refractivity contribution in [1.82, 2.24) is 0 Å². The molecule has 2 aromatic heterocycles. The lowest BCUT2D eigenvalue weighted by Gasteiger charge is -1.90. The predicted octanol–water partition coefficient (Wildman–Crippen LogP) is 3.53. The zero-order chi connectivity index (χ0) is 10.1. The van der Waals surface area contributed by atoms with Gasteiger partial charge in [0.25, 0.3) is 0 Å². The molecule has 72 valence electrons. The van der Waals surface area contributed by atoms with Crippen LogP contribution in [-0.2, 0) is 0 Å². The molecule has 4 heteroatoms. The summed E-state index contributed by atoms with van der Waals surface area (Å²) >= 11 is 7.12. The Labute approximate surface area is 90.1 Å². The van der Waals surface area contributed by atoms with Crippen molar-refractivity contribution in [2.24, 2.45) is 0 Å². The number of hydrogen-bond donors (Lipinski definition) is 0. The van der Waals surface area contributed by atoms with E-state index in [4.69, 9.17) is 16.0 Å². The SMILES string of the molecule is Cc1cc(C(=O)c2ccc(Cl)o2)cs1. The first-order chi connectivity index (χ1) is 6.66. The number of carbonyl (C=O) groups excluding carboxylic acids is 1. The van der Waals surface area contributed by atoms with Crippen molar-refractivity contribution in [3.05, 3.63) is 45.0 Å². The van der Waals surface area contributed by atoms with Gasteiger partial charge in [0.05, 0.1) is 0 Å². The van der Waals surface area contributed by atoms with E-state index in [0.717, 1.165) is 4.88 Å². The van der Waals surface area contributed by atoms with Gasteiger partial charge in [-0.25, -0.2) is 0 Å². The van der Waals surface area contributed by atoms with Gasteiger partial charge in [-0.1, -0.05) is 0 Å². The van der Waals surface area contributed by atoms with Crippen LogP contribution in [0.1, 0.15) is 21.0 Å². The summed E-state index contributed by atoms with van der Waals surface area (Å²) in [6.07, 6.45) is 0. The van der Waals surface area contributed by atoms with Gasteiger partial charge in [0.1, 0.15) is 0 Å². The zero-order valence-corrected chi connectivity index (χ0v) is 8.98. The quantitative estimate of drug-likeness (QED) is 0.734. The van der Waals surface area contributed by atoms with E-state index >= 15 is 0 Å². The lowest BCUT2D eigenvalue weighted by atomic mass is 10.2. The summed E-state index contributed by atoms with van der Waals surface area (Å²) in [6.45, 7) is 1.95. The molecule has 2 nitrogen and oxygen atoms in total. The number of ketones is 1. The number of halogens is 1. The van der Waals surface area contributed by atoms with E-state index in [2.05, 4.69) is 0 Å². The van der Waals surface area contributed by atoms with Crippen molar-refractivity contribution in [2.45, 2.75) is 6.92 Å². The van der Waals surface area contributed by atoms with Crippen LogP contribution < -0.4 is 0 Å². The van der Waals surface area contributed by atoms with Crippen LogP contribution >= 0.6 is 22.9 Å². The van der Waals surface area contributed by atoms with Gasteiger partial charge in [0.15, 0.2) is 11.0 Å². The normalized spacial score (nSPS) is 10.4. The fraction of sp³-hybridized carbons (Fsp3) is 0.100. The molecule has 2 heterocycles. The van der Waals surface area contributed by atoms with Crippen molar-refractivity contribution in [3.8, 4) is 0 Å². The summed E-state index contributed by atoms with van der Waals surface area (Å²) in [5.41, 5.74) is 0.651. The lowest BCUT2D eigenvalue weighted by Crippen LogP contribution is -1.96. The fourth-order valence-corrected chi connectivity index (χ4v) is 1.97. The van der Waals surface area contributed by atoms with Crippen LogP contribution in [0.5, 0.6) is 0 Å². The Balaban J connectivity index is 2.33. The predicted molar refractivity (Wildman–Crippen MR) is 56.2 cm³/mol. The minimum absolute atomic E-state index is 0.124. The largest absolute Gasteiger partial charge is 0.441 e. The number of rotatable bonds is 2. The smallest absolute Gasteiger partial charge is 0.229 e. The van der Waals surface area contributed by atoms with E-state index in [0.29, 0.717) is 5.56 Å². The van der Waals surface area contributed by atoms with Crippen LogP contribution in [0.4, 0.5) is 0 Å². The molecule has 0 radical (unpaired) electrons. The van der Waals surface area contributed by atoms with Crippen LogP contribution in [0.25, 0.3) is 0 Å². The van der Waals surface area contributed by atoms with E-state index < -0.39 is 0 Å². The maximum atomic E-state index is 11.7. The number of carbonyl (C=O) groups is 1. The van der Waals surface area contributed by atoms with Gasteiger partial charge in [0, 0.05) is 15.8 Å². The lowest BCUT2D eigenvalue weighted by molar-refractivity contribution is 0.101. The molecule has 0 bridgehead atoms. The minimum Gasteiger partial charge on any atom is -0.441 e. The van der Waals surface area contributed by atoms with Gasteiger partial charge in [0.2, 0.25) is 5.78 Å². The summed E-state index contributed by atoms with van der Waals surface area (Å²) < 4.78 is 5.03. The summed E-state index contributed by atoms with van der Waals surface area (Å²) in [7, 11) is 0. The maximum Gasteiger partial charge on any atom is 0.229 e. The van der Waals surface area contributed by atoms with E-state index in [1.807, 2.05) is 18.4 Å². The average Bonchev–Trinajstić information content (AvgIpc) is 2.73. The van der Waals surface area contributed by atoms with Crippen molar-refractivity contribution in [3.63, 3.8) is 0 Å². The van der Waals surface area contributed by atoms with Crippen molar-refractivity contribution in [2.75, 3.05) is 0 Å². The first-order valence-electron chi connectivity index (χ1n) is 4.02. The number of thiophene rings is 1. The van der Waals surface area contributed by atoms with Gasteiger partial charge in [-0.2, -0.15) is 0 Å². The molecule has 0 aliphatic heterocycles. The second-order valence-electron chi connectivity index (χ2n) is 2.88. The molecule has 0 amide bonds. The first-order valence-corrected chi connectivity index (χ1v) is 5.28. The maximum absolute atomic E-state index is 11.7. The highest BCUT2D eigenvalue weighted by atomic mass is 35.5. The molecule has 14 heavy (non-hydrogen) atoms. The van der Waals surface area contributed by atoms with Crippen molar-refractivity contribution < 1.29 is 9.21 Å². The monoisotopic (exact) mass is 226 g/mol. The molecule has 0 aliphatic rings. The van der Waals surface area contributed by atoms with E-state index in [9.17, 15) is 4.79 Å². The summed E-state index contributed by atoms with van der Waals surface area (Å²) in [5, 5.41) is 2.05. The highest BCUT2D eigenvalue weighted by Gasteiger charge is 2.14. The zero-order valence-electron chi connectivity index (χ0n) is 7.41. The molecular weight excluding hydrogens is 220 g/mol. The van der Waals surface area contributed by atoms with Crippen LogP contribution in [0, 0.1) is 6.92 Å². The van der Waals surface area contributed by atoms with Gasteiger partial charge < -0.3 is 4.42 Å². The molecule has 2 rings (SSSR count). The standard InChI is InChI=1S/C10H7ClO2S/c1-6-4-7(5-14-6)10(12)8-2-3-9(11)13-8/h2-5H,1H3. The molecule has 0 saturated carbocycles. The molecule has 2 aromatic rings. The first kappa shape index (κ1) is 9.49. The topological polar surface area (TPSA) is 30.2 Å². The molecule has 0 fully saturated rings. The molecular formula is C10H7ClO2S. The number of hydrogen-bond acceptors (Lipinski definition) is 3. The van der Waals surface area contributed by atoms with Gasteiger partial charge in [-0.3, -0.25) is 4.79 Å². The number of furan rings is 1. The van der Waals surface area contributed by atoms with Gasteiger partial charge in [-0.15, -0.1) is 11.3 Å². The fourth-order valence-electron chi connectivity index (χ4n) is 1.14. The second-order valence-corrected chi connectivity index (χ2v) is 4.37. The van der Waals surface area contributed by atoms with Crippen molar-refractivity contribution in [1.29, 1.82) is 0 Å². The molecule has 0 N–H and O–H groups in total. The minimum atomic E-state index is -0.124. The van der Waals surface area contributed by atoms with Crippen molar-refractivity contribution >= 4 is 28.7 Å². The van der Waals surface area contributed by atoms with Gasteiger partial charge in [-0.05, 0) is 36.7 Å².